The van der Waals surface area contributed by atoms with Crippen LogP contribution in [0.3, 0.4) is 0 Å². The lowest BCUT2D eigenvalue weighted by Crippen LogP contribution is -1.87. The number of aliphatic carboxylic acids is 1. The minimum atomic E-state index is -0.946. The molecule has 3 nitrogen and oxygen atoms in total. The Kier molecular flexibility index (Phi) is 2.68. The van der Waals surface area contributed by atoms with Gasteiger partial charge >= 0.3 is 5.97 Å². The molecule has 0 aliphatic rings. The van der Waals surface area contributed by atoms with Crippen molar-refractivity contribution in [1.29, 1.82) is 0 Å². The monoisotopic (exact) mass is 213 g/mol. The molecular weight excluding hydrogens is 202 g/mol. The van der Waals surface area contributed by atoms with E-state index in [9.17, 15) is 4.79 Å². The van der Waals surface area contributed by atoms with Crippen LogP contribution < -0.4 is 0 Å². The Morgan fingerprint density at radius 3 is 3.00 bits per heavy atom. The second-order valence-corrected chi connectivity index (χ2v) is 3.58. The molecule has 0 aliphatic carbocycles. The number of fused-ring (bicyclic) bond motifs is 1. The van der Waals surface area contributed by atoms with E-state index in [1.165, 1.54) is 0 Å². The molecule has 1 N–H and O–H groups in total. The third-order valence-corrected chi connectivity index (χ3v) is 2.37. The molecule has 1 aromatic carbocycles. The van der Waals surface area contributed by atoms with Crippen LogP contribution in [0.1, 0.15) is 11.1 Å². The third kappa shape index (κ3) is 2.08. The van der Waals surface area contributed by atoms with Gasteiger partial charge in [0.05, 0.1) is 5.52 Å². The minimum absolute atomic E-state index is 0.853. The number of nitrogens with zero attached hydrogens (tertiary/aromatic N) is 1. The van der Waals surface area contributed by atoms with E-state index >= 15 is 0 Å². The first-order chi connectivity index (χ1) is 7.66. The maximum atomic E-state index is 10.4. The number of rotatable bonds is 2. The number of aryl methyl sites for hydroxylation is 1. The molecule has 0 amide bonds. The van der Waals surface area contributed by atoms with Crippen LogP contribution in [-0.4, -0.2) is 16.1 Å². The van der Waals surface area contributed by atoms with Gasteiger partial charge in [0.15, 0.2) is 0 Å². The molecule has 0 bridgehead atoms. The van der Waals surface area contributed by atoms with Gasteiger partial charge in [-0.25, -0.2) is 4.79 Å². The molecule has 2 aromatic rings. The molecule has 0 fully saturated rings. The number of carboxylic acid groups (broad SMARTS) is 1. The average Bonchev–Trinajstić information content (AvgIpc) is 2.26. The van der Waals surface area contributed by atoms with Crippen LogP contribution in [-0.2, 0) is 4.79 Å². The van der Waals surface area contributed by atoms with E-state index in [1.54, 1.807) is 12.3 Å². The van der Waals surface area contributed by atoms with Crippen LogP contribution in [0.2, 0.25) is 0 Å². The van der Waals surface area contributed by atoms with Gasteiger partial charge in [0.1, 0.15) is 0 Å². The number of pyridine rings is 1. The van der Waals surface area contributed by atoms with Crippen molar-refractivity contribution >= 4 is 22.9 Å². The van der Waals surface area contributed by atoms with E-state index in [4.69, 9.17) is 5.11 Å². The van der Waals surface area contributed by atoms with Crippen LogP contribution >= 0.6 is 0 Å². The summed E-state index contributed by atoms with van der Waals surface area (Å²) in [6.45, 7) is 1.99. The quantitative estimate of drug-likeness (QED) is 0.780. The van der Waals surface area contributed by atoms with Gasteiger partial charge in [-0.2, -0.15) is 0 Å². The summed E-state index contributed by atoms with van der Waals surface area (Å²) in [7, 11) is 0. The van der Waals surface area contributed by atoms with Crippen molar-refractivity contribution in [2.24, 2.45) is 0 Å². The van der Waals surface area contributed by atoms with E-state index < -0.39 is 5.97 Å². The summed E-state index contributed by atoms with van der Waals surface area (Å²) in [5, 5.41) is 9.65. The van der Waals surface area contributed by atoms with Crippen molar-refractivity contribution in [2.75, 3.05) is 0 Å². The standard InChI is InChI=1S/C13H11NO2/c1-9-7-10(4-5-13(15)16)8-12-11(9)3-2-6-14-12/h2-8H,1H3,(H,15,16)/b5-4+. The van der Waals surface area contributed by atoms with E-state index in [-0.39, 0.29) is 0 Å². The van der Waals surface area contributed by atoms with E-state index in [0.717, 1.165) is 28.1 Å². The first-order valence-corrected chi connectivity index (χ1v) is 4.93. The zero-order chi connectivity index (χ0) is 11.5. The van der Waals surface area contributed by atoms with Gasteiger partial charge in [0.25, 0.3) is 0 Å². The van der Waals surface area contributed by atoms with Crippen LogP contribution in [0.4, 0.5) is 0 Å². The molecule has 0 saturated carbocycles. The van der Waals surface area contributed by atoms with Gasteiger partial charge in [0.2, 0.25) is 0 Å². The fourth-order valence-electron chi connectivity index (χ4n) is 1.66. The van der Waals surface area contributed by atoms with Gasteiger partial charge in [-0.3, -0.25) is 4.98 Å². The maximum absolute atomic E-state index is 10.4. The summed E-state index contributed by atoms with van der Waals surface area (Å²) in [5.74, 6) is -0.946. The van der Waals surface area contributed by atoms with Crippen molar-refractivity contribution in [3.63, 3.8) is 0 Å². The van der Waals surface area contributed by atoms with E-state index in [1.807, 2.05) is 31.2 Å². The highest BCUT2D eigenvalue weighted by atomic mass is 16.4. The smallest absolute Gasteiger partial charge is 0.328 e. The molecule has 80 valence electrons. The van der Waals surface area contributed by atoms with E-state index in [0.29, 0.717) is 0 Å². The summed E-state index contributed by atoms with van der Waals surface area (Å²) in [5.41, 5.74) is 2.83. The summed E-state index contributed by atoms with van der Waals surface area (Å²) >= 11 is 0. The van der Waals surface area contributed by atoms with Gasteiger partial charge < -0.3 is 5.11 Å². The normalized spacial score (nSPS) is 11.1. The Bertz CT molecular complexity index is 573. The first kappa shape index (κ1) is 10.4. The molecule has 0 aliphatic heterocycles. The lowest BCUT2D eigenvalue weighted by Gasteiger charge is -2.02. The predicted octanol–water partition coefficient (Wildman–Crippen LogP) is 2.64. The van der Waals surface area contributed by atoms with Crippen LogP contribution in [0.25, 0.3) is 17.0 Å². The Balaban J connectivity index is 2.54. The highest BCUT2D eigenvalue weighted by molar-refractivity contribution is 5.88. The van der Waals surface area contributed by atoms with Crippen molar-refractivity contribution in [2.45, 2.75) is 6.92 Å². The summed E-state index contributed by atoms with van der Waals surface area (Å²) in [6, 6.07) is 7.72. The van der Waals surface area contributed by atoms with Crippen molar-refractivity contribution in [1.82, 2.24) is 4.98 Å². The second kappa shape index (κ2) is 4.14. The fraction of sp³-hybridized carbons (Fsp3) is 0.0769. The average molecular weight is 213 g/mol. The predicted molar refractivity (Wildman–Crippen MR) is 63.1 cm³/mol. The molecule has 16 heavy (non-hydrogen) atoms. The number of benzene rings is 1. The Labute approximate surface area is 93.1 Å². The van der Waals surface area contributed by atoms with Gasteiger partial charge in [0, 0.05) is 17.7 Å². The van der Waals surface area contributed by atoms with Crippen molar-refractivity contribution < 1.29 is 9.90 Å². The molecule has 0 saturated heterocycles. The summed E-state index contributed by atoms with van der Waals surface area (Å²) in [4.78, 5) is 14.7. The Morgan fingerprint density at radius 1 is 1.44 bits per heavy atom. The van der Waals surface area contributed by atoms with Gasteiger partial charge in [-0.1, -0.05) is 12.1 Å². The number of carbonyl (C=O) groups is 1. The SMILES string of the molecule is Cc1cc(/C=C/C(=O)O)cc2ncccc12. The third-order valence-electron chi connectivity index (χ3n) is 2.37. The van der Waals surface area contributed by atoms with Crippen LogP contribution in [0.15, 0.2) is 36.5 Å². The number of aromatic nitrogens is 1. The summed E-state index contributed by atoms with van der Waals surface area (Å²) < 4.78 is 0. The minimum Gasteiger partial charge on any atom is -0.478 e. The number of hydrogen-bond donors (Lipinski definition) is 1. The topological polar surface area (TPSA) is 50.2 Å². The number of carboxylic acids is 1. The lowest BCUT2D eigenvalue weighted by atomic mass is 10.1. The molecular formula is C13H11NO2. The fourth-order valence-corrected chi connectivity index (χ4v) is 1.66. The highest BCUT2D eigenvalue weighted by Crippen LogP contribution is 2.19. The molecule has 3 heteroatoms. The van der Waals surface area contributed by atoms with E-state index in [2.05, 4.69) is 4.98 Å². The van der Waals surface area contributed by atoms with Crippen molar-refractivity contribution in [3.8, 4) is 0 Å². The van der Waals surface area contributed by atoms with Crippen molar-refractivity contribution in [3.05, 3.63) is 47.7 Å². The first-order valence-electron chi connectivity index (χ1n) is 4.93. The van der Waals surface area contributed by atoms with Gasteiger partial charge in [-0.15, -0.1) is 0 Å². The van der Waals surface area contributed by atoms with Crippen LogP contribution in [0, 0.1) is 6.92 Å². The zero-order valence-corrected chi connectivity index (χ0v) is 8.84. The molecule has 1 heterocycles. The largest absolute Gasteiger partial charge is 0.478 e. The lowest BCUT2D eigenvalue weighted by molar-refractivity contribution is -0.131. The maximum Gasteiger partial charge on any atom is 0.328 e. The molecule has 0 unspecified atom stereocenters. The molecule has 0 atom stereocenters. The molecule has 0 spiro atoms. The second-order valence-electron chi connectivity index (χ2n) is 3.58. The molecule has 2 rings (SSSR count). The summed E-state index contributed by atoms with van der Waals surface area (Å²) in [6.07, 6.45) is 4.43. The highest BCUT2D eigenvalue weighted by Gasteiger charge is 1.99. The number of hydrogen-bond acceptors (Lipinski definition) is 2. The van der Waals surface area contributed by atoms with Crippen LogP contribution in [0.5, 0.6) is 0 Å². The van der Waals surface area contributed by atoms with Gasteiger partial charge in [-0.05, 0) is 36.3 Å². The Hall–Kier alpha value is -2.16. The molecule has 1 aromatic heterocycles. The Morgan fingerprint density at radius 2 is 2.25 bits per heavy atom. The zero-order valence-electron chi connectivity index (χ0n) is 8.84. The molecule has 0 radical (unpaired) electrons.